The second-order valence-electron chi connectivity index (χ2n) is 4.19. The molecule has 0 bridgehead atoms. The van der Waals surface area contributed by atoms with Crippen LogP contribution in [0.1, 0.15) is 5.56 Å². The van der Waals surface area contributed by atoms with Gasteiger partial charge < -0.3 is 15.8 Å². The van der Waals surface area contributed by atoms with Crippen molar-refractivity contribution in [2.75, 3.05) is 19.0 Å². The quantitative estimate of drug-likeness (QED) is 0.868. The standard InChI is InChI=1S/C15H17FN2O/c1-19-14-5-3-13(4-6-14)18-15-7-2-12(16)10-11(15)8-9-17/h2-7,10,18H,8-9,17H2,1H3. The van der Waals surface area contributed by atoms with Gasteiger partial charge in [-0.1, -0.05) is 0 Å². The first kappa shape index (κ1) is 13.4. The normalized spacial score (nSPS) is 10.3. The van der Waals surface area contributed by atoms with Crippen molar-refractivity contribution < 1.29 is 9.13 Å². The molecule has 0 aromatic heterocycles. The lowest BCUT2D eigenvalue weighted by molar-refractivity contribution is 0.415. The van der Waals surface area contributed by atoms with E-state index in [1.165, 1.54) is 12.1 Å². The van der Waals surface area contributed by atoms with Crippen LogP contribution in [0.4, 0.5) is 15.8 Å². The van der Waals surface area contributed by atoms with Crippen LogP contribution in [-0.4, -0.2) is 13.7 Å². The molecule has 0 saturated heterocycles. The lowest BCUT2D eigenvalue weighted by atomic mass is 10.1. The van der Waals surface area contributed by atoms with Gasteiger partial charge in [0.1, 0.15) is 11.6 Å². The first-order valence-electron chi connectivity index (χ1n) is 6.12. The average molecular weight is 260 g/mol. The van der Waals surface area contributed by atoms with Crippen molar-refractivity contribution in [3.8, 4) is 5.75 Å². The summed E-state index contributed by atoms with van der Waals surface area (Å²) in [5.74, 6) is 0.551. The fourth-order valence-electron chi connectivity index (χ4n) is 1.88. The second-order valence-corrected chi connectivity index (χ2v) is 4.19. The molecule has 0 fully saturated rings. The third kappa shape index (κ3) is 3.45. The number of nitrogens with one attached hydrogen (secondary N) is 1. The Balaban J connectivity index is 2.21. The van der Waals surface area contributed by atoms with Crippen molar-refractivity contribution in [2.24, 2.45) is 5.73 Å². The lowest BCUT2D eigenvalue weighted by Gasteiger charge is -2.12. The van der Waals surface area contributed by atoms with Crippen molar-refractivity contribution >= 4 is 11.4 Å². The number of anilines is 2. The molecule has 100 valence electrons. The Bertz CT molecular complexity index is 540. The molecule has 0 saturated carbocycles. The minimum Gasteiger partial charge on any atom is -0.497 e. The molecule has 0 spiro atoms. The molecule has 2 aromatic carbocycles. The number of hydrogen-bond donors (Lipinski definition) is 2. The highest BCUT2D eigenvalue weighted by Gasteiger charge is 2.04. The highest BCUT2D eigenvalue weighted by Crippen LogP contribution is 2.23. The third-order valence-electron chi connectivity index (χ3n) is 2.85. The fraction of sp³-hybridized carbons (Fsp3) is 0.200. The van der Waals surface area contributed by atoms with Crippen LogP contribution in [-0.2, 0) is 6.42 Å². The Morgan fingerprint density at radius 2 is 1.89 bits per heavy atom. The highest BCUT2D eigenvalue weighted by molar-refractivity contribution is 5.63. The monoisotopic (exact) mass is 260 g/mol. The second kappa shape index (κ2) is 6.20. The van der Waals surface area contributed by atoms with Crippen molar-refractivity contribution in [1.29, 1.82) is 0 Å². The van der Waals surface area contributed by atoms with Gasteiger partial charge in [-0.15, -0.1) is 0 Å². The number of ether oxygens (including phenoxy) is 1. The molecular formula is C15H17FN2O. The first-order valence-corrected chi connectivity index (χ1v) is 6.12. The van der Waals surface area contributed by atoms with Gasteiger partial charge in [0.2, 0.25) is 0 Å². The zero-order valence-corrected chi connectivity index (χ0v) is 10.8. The fourth-order valence-corrected chi connectivity index (χ4v) is 1.88. The molecule has 3 N–H and O–H groups in total. The number of methoxy groups -OCH3 is 1. The summed E-state index contributed by atoms with van der Waals surface area (Å²) in [7, 11) is 1.63. The van der Waals surface area contributed by atoms with Gasteiger partial charge in [-0.05, 0) is 61.0 Å². The molecule has 0 atom stereocenters. The number of benzene rings is 2. The zero-order valence-electron chi connectivity index (χ0n) is 10.8. The van der Waals surface area contributed by atoms with E-state index in [1.54, 1.807) is 13.2 Å². The number of halogens is 1. The summed E-state index contributed by atoms with van der Waals surface area (Å²) < 4.78 is 18.3. The van der Waals surface area contributed by atoms with E-state index in [4.69, 9.17) is 10.5 Å². The molecule has 0 aliphatic carbocycles. The summed E-state index contributed by atoms with van der Waals surface area (Å²) in [6.45, 7) is 0.487. The van der Waals surface area contributed by atoms with Crippen LogP contribution in [0.2, 0.25) is 0 Å². The molecule has 4 heteroatoms. The average Bonchev–Trinajstić information content (AvgIpc) is 2.43. The van der Waals surface area contributed by atoms with Crippen LogP contribution in [0, 0.1) is 5.82 Å². The summed E-state index contributed by atoms with van der Waals surface area (Å²) >= 11 is 0. The van der Waals surface area contributed by atoms with Crippen molar-refractivity contribution in [2.45, 2.75) is 6.42 Å². The van der Waals surface area contributed by atoms with Crippen LogP contribution < -0.4 is 15.8 Å². The zero-order chi connectivity index (χ0) is 13.7. The van der Waals surface area contributed by atoms with Crippen LogP contribution in [0.3, 0.4) is 0 Å². The van der Waals surface area contributed by atoms with Crippen molar-refractivity contribution in [1.82, 2.24) is 0 Å². The van der Waals surface area contributed by atoms with E-state index in [1.807, 2.05) is 24.3 Å². The first-order chi connectivity index (χ1) is 9.22. The van der Waals surface area contributed by atoms with Crippen molar-refractivity contribution in [3.63, 3.8) is 0 Å². The van der Waals surface area contributed by atoms with Crippen LogP contribution in [0.15, 0.2) is 42.5 Å². The van der Waals surface area contributed by atoms with E-state index in [0.717, 1.165) is 22.7 Å². The topological polar surface area (TPSA) is 47.3 Å². The lowest BCUT2D eigenvalue weighted by Crippen LogP contribution is -2.05. The van der Waals surface area contributed by atoms with Gasteiger partial charge in [-0.3, -0.25) is 0 Å². The van der Waals surface area contributed by atoms with Crippen LogP contribution in [0.5, 0.6) is 5.75 Å². The molecule has 19 heavy (non-hydrogen) atoms. The maximum atomic E-state index is 13.2. The number of nitrogens with two attached hydrogens (primary N) is 1. The van der Waals surface area contributed by atoms with Crippen molar-refractivity contribution in [3.05, 3.63) is 53.8 Å². The minimum atomic E-state index is -0.247. The molecule has 2 rings (SSSR count). The van der Waals surface area contributed by atoms with E-state index in [0.29, 0.717) is 13.0 Å². The maximum absolute atomic E-state index is 13.2. The van der Waals surface area contributed by atoms with Gasteiger partial charge in [-0.2, -0.15) is 0 Å². The van der Waals surface area contributed by atoms with Gasteiger partial charge in [0.05, 0.1) is 7.11 Å². The largest absolute Gasteiger partial charge is 0.497 e. The summed E-state index contributed by atoms with van der Waals surface area (Å²) in [6, 6.07) is 12.2. The molecular weight excluding hydrogens is 243 g/mol. The molecule has 0 heterocycles. The maximum Gasteiger partial charge on any atom is 0.123 e. The summed E-state index contributed by atoms with van der Waals surface area (Å²) in [6.07, 6.45) is 0.635. The molecule has 3 nitrogen and oxygen atoms in total. The van der Waals surface area contributed by atoms with Crippen LogP contribution >= 0.6 is 0 Å². The molecule has 0 aliphatic heterocycles. The molecule has 2 aromatic rings. The molecule has 0 aliphatic rings. The van der Waals surface area contributed by atoms with Crippen LogP contribution in [0.25, 0.3) is 0 Å². The predicted octanol–water partition coefficient (Wildman–Crippen LogP) is 3.08. The molecule has 0 amide bonds. The minimum absolute atomic E-state index is 0.247. The van der Waals surface area contributed by atoms with E-state index in [-0.39, 0.29) is 5.82 Å². The highest BCUT2D eigenvalue weighted by atomic mass is 19.1. The Hall–Kier alpha value is -2.07. The summed E-state index contributed by atoms with van der Waals surface area (Å²) in [4.78, 5) is 0. The van der Waals surface area contributed by atoms with E-state index >= 15 is 0 Å². The van der Waals surface area contributed by atoms with E-state index in [2.05, 4.69) is 5.32 Å². The number of rotatable bonds is 5. The summed E-state index contributed by atoms with van der Waals surface area (Å²) in [5, 5.41) is 3.26. The molecule has 0 radical (unpaired) electrons. The van der Waals surface area contributed by atoms with E-state index < -0.39 is 0 Å². The van der Waals surface area contributed by atoms with Gasteiger partial charge in [0, 0.05) is 11.4 Å². The Labute approximate surface area is 112 Å². The Kier molecular flexibility index (Phi) is 4.36. The summed E-state index contributed by atoms with van der Waals surface area (Å²) in [5.41, 5.74) is 8.21. The van der Waals surface area contributed by atoms with E-state index in [9.17, 15) is 4.39 Å². The van der Waals surface area contributed by atoms with Gasteiger partial charge in [0.15, 0.2) is 0 Å². The van der Waals surface area contributed by atoms with Gasteiger partial charge in [0.25, 0.3) is 0 Å². The number of hydrogen-bond acceptors (Lipinski definition) is 3. The Morgan fingerprint density at radius 1 is 1.16 bits per heavy atom. The SMILES string of the molecule is COc1ccc(Nc2ccc(F)cc2CCN)cc1. The predicted molar refractivity (Wildman–Crippen MR) is 75.4 cm³/mol. The third-order valence-corrected chi connectivity index (χ3v) is 2.85. The Morgan fingerprint density at radius 3 is 2.53 bits per heavy atom. The smallest absolute Gasteiger partial charge is 0.123 e. The molecule has 0 unspecified atom stereocenters. The van der Waals surface area contributed by atoms with Gasteiger partial charge in [-0.25, -0.2) is 4.39 Å². The van der Waals surface area contributed by atoms with Gasteiger partial charge >= 0.3 is 0 Å².